The van der Waals surface area contributed by atoms with Crippen LogP contribution in [0.5, 0.6) is 0 Å². The minimum Gasteiger partial charge on any atom is -0.396 e. The van der Waals surface area contributed by atoms with Gasteiger partial charge in [0.1, 0.15) is 0 Å². The van der Waals surface area contributed by atoms with Crippen LogP contribution in [0.1, 0.15) is 33.1 Å². The molecule has 0 saturated carbocycles. The maximum atomic E-state index is 8.50. The van der Waals surface area contributed by atoms with Crippen molar-refractivity contribution in [3.63, 3.8) is 0 Å². The summed E-state index contributed by atoms with van der Waals surface area (Å²) < 4.78 is 9.72. The standard InChI is InChI=1S/C6H12O.C5H12O4.C3H6O/c1-2-3-4-6-5-7-6;6-1-5(2-7,3-8)4-9;1-3-2-4-3/h6H,2-5H2,1H3;6-9H,1-4H2;3H,2H2,1H3. The molecule has 2 heterocycles. The molecular weight excluding hydrogens is 264 g/mol. The topological polar surface area (TPSA) is 106 Å². The summed E-state index contributed by atoms with van der Waals surface area (Å²) in [5.41, 5.74) is -1.11. The fraction of sp³-hybridized carbons (Fsp3) is 1.00. The lowest BCUT2D eigenvalue weighted by atomic mass is 9.93. The largest absolute Gasteiger partial charge is 0.396 e. The highest BCUT2D eigenvalue weighted by atomic mass is 16.6. The Hall–Kier alpha value is -0.240. The van der Waals surface area contributed by atoms with Gasteiger partial charge >= 0.3 is 0 Å². The molecule has 2 rings (SSSR count). The smallest absolute Gasteiger partial charge is 0.0810 e. The summed E-state index contributed by atoms with van der Waals surface area (Å²) in [4.78, 5) is 0. The Bertz CT molecular complexity index is 194. The van der Waals surface area contributed by atoms with Gasteiger partial charge in [0, 0.05) is 0 Å². The Morgan fingerprint density at radius 2 is 1.35 bits per heavy atom. The van der Waals surface area contributed by atoms with Crippen LogP contribution < -0.4 is 0 Å². The van der Waals surface area contributed by atoms with Gasteiger partial charge in [0.2, 0.25) is 0 Å². The summed E-state index contributed by atoms with van der Waals surface area (Å²) in [6.07, 6.45) is 5.17. The van der Waals surface area contributed by atoms with Crippen LogP contribution in [0.25, 0.3) is 0 Å². The first-order valence-corrected chi connectivity index (χ1v) is 7.24. The van der Waals surface area contributed by atoms with Gasteiger partial charge in [0.25, 0.3) is 0 Å². The van der Waals surface area contributed by atoms with Crippen molar-refractivity contribution in [3.05, 3.63) is 0 Å². The summed E-state index contributed by atoms with van der Waals surface area (Å²) in [6.45, 7) is 4.66. The molecule has 20 heavy (non-hydrogen) atoms. The molecule has 2 saturated heterocycles. The second kappa shape index (κ2) is 11.4. The highest BCUT2D eigenvalue weighted by Gasteiger charge is 2.26. The van der Waals surface area contributed by atoms with Crippen molar-refractivity contribution in [1.29, 1.82) is 0 Å². The molecular formula is C14H30O6. The van der Waals surface area contributed by atoms with E-state index in [-0.39, 0.29) is 0 Å². The molecule has 0 radical (unpaired) electrons. The van der Waals surface area contributed by atoms with E-state index in [1.807, 2.05) is 0 Å². The molecule has 2 fully saturated rings. The summed E-state index contributed by atoms with van der Waals surface area (Å²) >= 11 is 0. The lowest BCUT2D eigenvalue weighted by Crippen LogP contribution is -2.37. The van der Waals surface area contributed by atoms with Crippen molar-refractivity contribution in [2.45, 2.75) is 45.3 Å². The first-order valence-electron chi connectivity index (χ1n) is 7.24. The third-order valence-corrected chi connectivity index (χ3v) is 3.12. The van der Waals surface area contributed by atoms with E-state index in [4.69, 9.17) is 29.9 Å². The van der Waals surface area contributed by atoms with Crippen LogP contribution in [-0.2, 0) is 9.47 Å². The van der Waals surface area contributed by atoms with Crippen LogP contribution in [0.15, 0.2) is 0 Å². The number of ether oxygens (including phenoxy) is 2. The molecule has 6 heteroatoms. The van der Waals surface area contributed by atoms with Crippen molar-refractivity contribution in [3.8, 4) is 0 Å². The summed E-state index contributed by atoms with van der Waals surface area (Å²) in [5, 5.41) is 34.0. The monoisotopic (exact) mass is 294 g/mol. The molecule has 4 N–H and O–H groups in total. The van der Waals surface area contributed by atoms with Gasteiger partial charge in [0.15, 0.2) is 0 Å². The van der Waals surface area contributed by atoms with E-state index in [0.717, 1.165) is 13.2 Å². The van der Waals surface area contributed by atoms with Crippen LogP contribution in [0.2, 0.25) is 0 Å². The molecule has 6 nitrogen and oxygen atoms in total. The summed E-state index contributed by atoms with van der Waals surface area (Å²) in [7, 11) is 0. The fourth-order valence-electron chi connectivity index (χ4n) is 1.06. The van der Waals surface area contributed by atoms with Gasteiger partial charge in [-0.15, -0.1) is 0 Å². The van der Waals surface area contributed by atoms with Crippen molar-refractivity contribution >= 4 is 0 Å². The van der Waals surface area contributed by atoms with E-state index in [2.05, 4.69) is 13.8 Å². The minimum absolute atomic E-state index is 0.406. The number of rotatable bonds is 7. The molecule has 2 atom stereocenters. The second-order valence-electron chi connectivity index (χ2n) is 5.37. The molecule has 2 aliphatic rings. The van der Waals surface area contributed by atoms with Crippen molar-refractivity contribution < 1.29 is 29.9 Å². The predicted molar refractivity (Wildman–Crippen MR) is 75.5 cm³/mol. The Morgan fingerprint density at radius 1 is 0.950 bits per heavy atom. The van der Waals surface area contributed by atoms with Gasteiger partial charge in [-0.3, -0.25) is 0 Å². The average molecular weight is 294 g/mol. The van der Waals surface area contributed by atoms with Gasteiger partial charge in [-0.2, -0.15) is 0 Å². The molecule has 122 valence electrons. The maximum absolute atomic E-state index is 8.50. The van der Waals surface area contributed by atoms with Crippen molar-refractivity contribution in [2.75, 3.05) is 39.6 Å². The predicted octanol–water partition coefficient (Wildman–Crippen LogP) is -0.0775. The molecule has 2 aliphatic heterocycles. The quantitative estimate of drug-likeness (QED) is 0.490. The normalized spacial score (nSPS) is 23.1. The van der Waals surface area contributed by atoms with Gasteiger partial charge in [-0.05, 0) is 13.3 Å². The minimum atomic E-state index is -1.11. The lowest BCUT2D eigenvalue weighted by Gasteiger charge is -2.23. The van der Waals surface area contributed by atoms with Crippen molar-refractivity contribution in [1.82, 2.24) is 0 Å². The Labute approximate surface area is 121 Å². The van der Waals surface area contributed by atoms with Crippen LogP contribution in [-0.4, -0.2) is 72.3 Å². The zero-order valence-electron chi connectivity index (χ0n) is 12.6. The van der Waals surface area contributed by atoms with Crippen LogP contribution in [0.4, 0.5) is 0 Å². The number of epoxide rings is 2. The number of hydrogen-bond donors (Lipinski definition) is 4. The second-order valence-corrected chi connectivity index (χ2v) is 5.37. The van der Waals surface area contributed by atoms with E-state index >= 15 is 0 Å². The van der Waals surface area contributed by atoms with E-state index in [1.165, 1.54) is 19.3 Å². The molecule has 0 spiro atoms. The van der Waals surface area contributed by atoms with E-state index in [1.54, 1.807) is 0 Å². The molecule has 0 aromatic carbocycles. The first-order chi connectivity index (χ1) is 9.57. The molecule has 0 aromatic heterocycles. The molecule has 0 bridgehead atoms. The molecule has 0 aromatic rings. The van der Waals surface area contributed by atoms with Gasteiger partial charge in [0.05, 0.1) is 57.3 Å². The van der Waals surface area contributed by atoms with Crippen LogP contribution >= 0.6 is 0 Å². The van der Waals surface area contributed by atoms with Gasteiger partial charge < -0.3 is 29.9 Å². The average Bonchev–Trinajstić information content (AvgIpc) is 3.39. The first kappa shape index (κ1) is 19.8. The van der Waals surface area contributed by atoms with E-state index in [0.29, 0.717) is 12.2 Å². The zero-order chi connectivity index (χ0) is 15.4. The number of unbranched alkanes of at least 4 members (excludes halogenated alkanes) is 1. The lowest BCUT2D eigenvalue weighted by molar-refractivity contribution is -0.0328. The van der Waals surface area contributed by atoms with E-state index < -0.39 is 31.8 Å². The summed E-state index contributed by atoms with van der Waals surface area (Å²) in [6, 6.07) is 0. The molecule has 0 amide bonds. The highest BCUT2D eigenvalue weighted by Crippen LogP contribution is 2.15. The Morgan fingerprint density at radius 3 is 1.50 bits per heavy atom. The SMILES string of the molecule is CC1CO1.CCCCC1CO1.OCC(CO)(CO)CO. The number of hydrogen-bond acceptors (Lipinski definition) is 6. The number of aliphatic hydroxyl groups is 4. The fourth-order valence-corrected chi connectivity index (χ4v) is 1.06. The zero-order valence-corrected chi connectivity index (χ0v) is 12.6. The Balaban J connectivity index is 0.000000288. The summed E-state index contributed by atoms with van der Waals surface area (Å²) in [5.74, 6) is 0. The number of aliphatic hydroxyl groups excluding tert-OH is 4. The van der Waals surface area contributed by atoms with Crippen LogP contribution in [0.3, 0.4) is 0 Å². The Kier molecular flexibility index (Phi) is 11.3. The van der Waals surface area contributed by atoms with Gasteiger partial charge in [-0.1, -0.05) is 19.8 Å². The maximum Gasteiger partial charge on any atom is 0.0810 e. The highest BCUT2D eigenvalue weighted by molar-refractivity contribution is 4.74. The van der Waals surface area contributed by atoms with Crippen LogP contribution in [0, 0.1) is 5.41 Å². The third kappa shape index (κ3) is 10.5. The molecule has 2 unspecified atom stereocenters. The van der Waals surface area contributed by atoms with Crippen molar-refractivity contribution in [2.24, 2.45) is 5.41 Å². The van der Waals surface area contributed by atoms with Gasteiger partial charge in [-0.25, -0.2) is 0 Å². The molecule has 0 aliphatic carbocycles. The van der Waals surface area contributed by atoms with E-state index in [9.17, 15) is 0 Å². The third-order valence-electron chi connectivity index (χ3n) is 3.12.